The van der Waals surface area contributed by atoms with Gasteiger partial charge in [0.1, 0.15) is 11.6 Å². The molecule has 11 rings (SSSR count). The molecule has 0 fully saturated rings. The van der Waals surface area contributed by atoms with Gasteiger partial charge in [-0.1, -0.05) is 127 Å². The van der Waals surface area contributed by atoms with Gasteiger partial charge in [0.15, 0.2) is 17.5 Å². The fourth-order valence-electron chi connectivity index (χ4n) is 8.32. The molecular weight excluding hydrogens is 721 g/mol. The lowest BCUT2D eigenvalue weighted by molar-refractivity contribution is 0.584. The van der Waals surface area contributed by atoms with E-state index in [1.165, 1.54) is 22.9 Å². The second kappa shape index (κ2) is 13.5. The number of fused-ring (bicyclic) bond motifs is 6. The molecule has 5 nitrogen and oxygen atoms in total. The van der Waals surface area contributed by atoms with Crippen molar-refractivity contribution in [2.75, 3.05) is 0 Å². The Bertz CT molecular complexity index is 3240. The highest BCUT2D eigenvalue weighted by Gasteiger charge is 2.21. The maximum absolute atomic E-state index is 14.9. The van der Waals surface area contributed by atoms with Crippen LogP contribution in [-0.2, 0) is 0 Å². The Hall–Kier alpha value is -7.77. The summed E-state index contributed by atoms with van der Waals surface area (Å²) in [7, 11) is 0. The van der Waals surface area contributed by atoms with E-state index in [0.29, 0.717) is 34.2 Å². The van der Waals surface area contributed by atoms with E-state index in [9.17, 15) is 8.78 Å². The van der Waals surface area contributed by atoms with E-state index in [1.54, 1.807) is 0 Å². The second-order valence-electron chi connectivity index (χ2n) is 14.4. The van der Waals surface area contributed by atoms with Crippen LogP contribution in [-0.4, -0.2) is 24.1 Å². The molecule has 0 aliphatic carbocycles. The Morgan fingerprint density at radius 1 is 0.310 bits per heavy atom. The van der Waals surface area contributed by atoms with E-state index < -0.39 is 11.6 Å². The molecule has 3 aromatic heterocycles. The van der Waals surface area contributed by atoms with Crippen molar-refractivity contribution in [3.05, 3.63) is 200 Å². The molecule has 3 heterocycles. The molecule has 0 atom stereocenters. The topological polar surface area (TPSA) is 48.5 Å². The molecule has 0 saturated carbocycles. The van der Waals surface area contributed by atoms with Gasteiger partial charge in [0.25, 0.3) is 0 Å². The number of hydrogen-bond donors (Lipinski definition) is 0. The highest BCUT2D eigenvalue weighted by molar-refractivity contribution is 6.12. The van der Waals surface area contributed by atoms with Crippen LogP contribution in [0.1, 0.15) is 0 Å². The fraction of sp³-hybridized carbons (Fsp3) is 0. The molecule has 0 unspecified atom stereocenters. The lowest BCUT2D eigenvalue weighted by Gasteiger charge is -2.16. The summed E-state index contributed by atoms with van der Waals surface area (Å²) < 4.78 is 34.4. The largest absolute Gasteiger partial charge is 0.309 e. The number of nitrogens with zero attached hydrogens (tertiary/aromatic N) is 5. The van der Waals surface area contributed by atoms with Crippen molar-refractivity contribution in [2.24, 2.45) is 0 Å². The Kier molecular flexibility index (Phi) is 7.79. The van der Waals surface area contributed by atoms with Crippen LogP contribution in [0.3, 0.4) is 0 Å². The lowest BCUT2D eigenvalue weighted by Crippen LogP contribution is -2.03. The summed E-state index contributed by atoms with van der Waals surface area (Å²) in [4.78, 5) is 15.0. The summed E-state index contributed by atoms with van der Waals surface area (Å²) >= 11 is 0. The minimum Gasteiger partial charge on any atom is -0.309 e. The molecular formula is C51H31F2N5. The van der Waals surface area contributed by atoms with Gasteiger partial charge in [-0.3, -0.25) is 0 Å². The standard InChI is InChI=1S/C51H31F2N5/c52-35-27-34(28-36(53)29-35)39-25-23-37(30-44(39)51-55-49(32-13-3-1-4-14-32)54-50(56-51)33-15-5-2-6-16-33)58-47-22-12-9-19-42(47)43-26-24-38(31-48(43)58)57-45-20-10-7-17-40(45)41-18-8-11-21-46(41)57/h1-31H. The highest BCUT2D eigenvalue weighted by atomic mass is 19.1. The molecule has 0 spiro atoms. The smallest absolute Gasteiger partial charge is 0.164 e. The SMILES string of the molecule is Fc1cc(F)cc(-c2ccc(-n3c4ccccc4c4ccc(-n5c6ccccc6c6ccccc65)cc43)cc2-c2nc(-c3ccccc3)nc(-c3ccccc3)n2)c1. The number of benzene rings is 8. The maximum atomic E-state index is 14.9. The monoisotopic (exact) mass is 751 g/mol. The molecule has 7 heteroatoms. The first-order valence-electron chi connectivity index (χ1n) is 19.1. The van der Waals surface area contributed by atoms with Crippen molar-refractivity contribution in [2.45, 2.75) is 0 Å². The van der Waals surface area contributed by atoms with Gasteiger partial charge in [-0.05, 0) is 65.7 Å². The predicted octanol–water partition coefficient (Wildman–Crippen LogP) is 13.0. The third-order valence-electron chi connectivity index (χ3n) is 10.9. The fourth-order valence-corrected chi connectivity index (χ4v) is 8.32. The average molecular weight is 752 g/mol. The van der Waals surface area contributed by atoms with Crippen molar-refractivity contribution in [3.63, 3.8) is 0 Å². The Labute approximate surface area is 331 Å². The first-order chi connectivity index (χ1) is 28.6. The second-order valence-corrected chi connectivity index (χ2v) is 14.4. The molecule has 11 aromatic rings. The van der Waals surface area contributed by atoms with Crippen LogP contribution in [0.4, 0.5) is 8.78 Å². The number of halogens is 2. The molecule has 0 N–H and O–H groups in total. The normalized spacial score (nSPS) is 11.6. The van der Waals surface area contributed by atoms with Crippen LogP contribution >= 0.6 is 0 Å². The Balaban J connectivity index is 1.19. The van der Waals surface area contributed by atoms with Gasteiger partial charge in [-0.25, -0.2) is 23.7 Å². The zero-order chi connectivity index (χ0) is 38.7. The van der Waals surface area contributed by atoms with Crippen LogP contribution in [0.2, 0.25) is 0 Å². The van der Waals surface area contributed by atoms with E-state index in [1.807, 2.05) is 84.9 Å². The summed E-state index contributed by atoms with van der Waals surface area (Å²) in [5.74, 6) is 0.00463. The van der Waals surface area contributed by atoms with Crippen molar-refractivity contribution in [1.82, 2.24) is 24.1 Å². The minimum atomic E-state index is -0.671. The van der Waals surface area contributed by atoms with Crippen LogP contribution in [0.15, 0.2) is 188 Å². The number of rotatable bonds is 6. The third kappa shape index (κ3) is 5.55. The van der Waals surface area contributed by atoms with E-state index in [0.717, 1.165) is 61.4 Å². The molecule has 58 heavy (non-hydrogen) atoms. The van der Waals surface area contributed by atoms with Crippen molar-refractivity contribution >= 4 is 43.6 Å². The average Bonchev–Trinajstić information content (AvgIpc) is 3.79. The van der Waals surface area contributed by atoms with Gasteiger partial charge < -0.3 is 9.13 Å². The van der Waals surface area contributed by atoms with Gasteiger partial charge in [-0.2, -0.15) is 0 Å². The zero-order valence-corrected chi connectivity index (χ0v) is 30.9. The van der Waals surface area contributed by atoms with E-state index in [-0.39, 0.29) is 0 Å². The van der Waals surface area contributed by atoms with Gasteiger partial charge in [0.2, 0.25) is 0 Å². The number of aromatic nitrogens is 5. The molecule has 0 bridgehead atoms. The van der Waals surface area contributed by atoms with Gasteiger partial charge in [0, 0.05) is 55.7 Å². The quantitative estimate of drug-likeness (QED) is 0.170. The van der Waals surface area contributed by atoms with Crippen molar-refractivity contribution < 1.29 is 8.78 Å². The number of para-hydroxylation sites is 3. The van der Waals surface area contributed by atoms with Crippen molar-refractivity contribution in [1.29, 1.82) is 0 Å². The van der Waals surface area contributed by atoms with E-state index in [4.69, 9.17) is 15.0 Å². The first-order valence-corrected chi connectivity index (χ1v) is 19.1. The predicted molar refractivity (Wildman–Crippen MR) is 230 cm³/mol. The van der Waals surface area contributed by atoms with E-state index >= 15 is 0 Å². The summed E-state index contributed by atoms with van der Waals surface area (Å²) in [6.45, 7) is 0. The zero-order valence-electron chi connectivity index (χ0n) is 30.9. The van der Waals surface area contributed by atoms with Gasteiger partial charge >= 0.3 is 0 Å². The summed E-state index contributed by atoms with van der Waals surface area (Å²) in [5, 5.41) is 4.57. The van der Waals surface area contributed by atoms with Crippen LogP contribution in [0, 0.1) is 11.6 Å². The Morgan fingerprint density at radius 2 is 0.741 bits per heavy atom. The summed E-state index contributed by atoms with van der Waals surface area (Å²) in [6.07, 6.45) is 0. The lowest BCUT2D eigenvalue weighted by atomic mass is 9.97. The van der Waals surface area contributed by atoms with Crippen LogP contribution < -0.4 is 0 Å². The number of hydrogen-bond acceptors (Lipinski definition) is 3. The third-order valence-corrected chi connectivity index (χ3v) is 10.9. The molecule has 8 aromatic carbocycles. The first kappa shape index (κ1) is 33.6. The molecule has 0 aliphatic rings. The van der Waals surface area contributed by atoms with E-state index in [2.05, 4.69) is 94.1 Å². The van der Waals surface area contributed by atoms with Crippen LogP contribution in [0.5, 0.6) is 0 Å². The van der Waals surface area contributed by atoms with Crippen molar-refractivity contribution in [3.8, 4) is 56.7 Å². The maximum Gasteiger partial charge on any atom is 0.164 e. The minimum absolute atomic E-state index is 0.373. The highest BCUT2D eigenvalue weighted by Crippen LogP contribution is 2.40. The van der Waals surface area contributed by atoms with Gasteiger partial charge in [-0.15, -0.1) is 0 Å². The molecule has 0 aliphatic heterocycles. The summed E-state index contributed by atoms with van der Waals surface area (Å²) in [5.41, 5.74) is 9.31. The molecule has 0 radical (unpaired) electrons. The molecule has 274 valence electrons. The van der Waals surface area contributed by atoms with Gasteiger partial charge in [0.05, 0.1) is 22.1 Å². The van der Waals surface area contributed by atoms with Crippen LogP contribution in [0.25, 0.3) is 100 Å². The molecule has 0 saturated heterocycles. The Morgan fingerprint density at radius 3 is 1.29 bits per heavy atom. The summed E-state index contributed by atoms with van der Waals surface area (Å²) in [6, 6.07) is 61.0. The molecule has 0 amide bonds.